The van der Waals surface area contributed by atoms with Gasteiger partial charge < -0.3 is 5.32 Å². The van der Waals surface area contributed by atoms with Crippen molar-refractivity contribution < 1.29 is 4.39 Å². The van der Waals surface area contributed by atoms with Gasteiger partial charge in [0.05, 0.1) is 5.52 Å². The number of halogens is 1. The summed E-state index contributed by atoms with van der Waals surface area (Å²) in [5.41, 5.74) is 1.83. The fourth-order valence-electron chi connectivity index (χ4n) is 1.51. The lowest BCUT2D eigenvalue weighted by molar-refractivity contribution is 0.629. The van der Waals surface area contributed by atoms with Crippen LogP contribution >= 0.6 is 0 Å². The molecule has 0 aliphatic heterocycles. The van der Waals surface area contributed by atoms with E-state index in [0.29, 0.717) is 0 Å². The first-order valence-corrected chi connectivity index (χ1v) is 4.45. The minimum atomic E-state index is -0.226. The first-order valence-electron chi connectivity index (χ1n) is 4.45. The van der Waals surface area contributed by atoms with Crippen LogP contribution in [-0.4, -0.2) is 12.0 Å². The van der Waals surface area contributed by atoms with Gasteiger partial charge in [-0.1, -0.05) is 0 Å². The predicted molar refractivity (Wildman–Crippen MR) is 56.0 cm³/mol. The summed E-state index contributed by atoms with van der Waals surface area (Å²) in [4.78, 5) is 4.36. The zero-order chi connectivity index (χ0) is 10.1. The van der Waals surface area contributed by atoms with E-state index in [1.807, 2.05) is 20.0 Å². The second-order valence-corrected chi connectivity index (χ2v) is 3.24. The van der Waals surface area contributed by atoms with Crippen LogP contribution < -0.4 is 5.32 Å². The second kappa shape index (κ2) is 3.25. The van der Waals surface area contributed by atoms with E-state index in [2.05, 4.69) is 10.3 Å². The van der Waals surface area contributed by atoms with E-state index in [-0.39, 0.29) is 5.82 Å². The van der Waals surface area contributed by atoms with Crippen molar-refractivity contribution in [3.63, 3.8) is 0 Å². The van der Waals surface area contributed by atoms with Crippen LogP contribution in [0.3, 0.4) is 0 Å². The van der Waals surface area contributed by atoms with Crippen molar-refractivity contribution in [3.8, 4) is 0 Å². The summed E-state index contributed by atoms with van der Waals surface area (Å²) in [6.45, 7) is 1.95. The molecular weight excluding hydrogens is 179 g/mol. The molecule has 0 aliphatic carbocycles. The number of aryl methyl sites for hydroxylation is 1. The van der Waals surface area contributed by atoms with E-state index in [4.69, 9.17) is 0 Å². The van der Waals surface area contributed by atoms with Crippen molar-refractivity contribution >= 4 is 16.7 Å². The number of fused-ring (bicyclic) bond motifs is 1. The van der Waals surface area contributed by atoms with E-state index >= 15 is 0 Å². The Kier molecular flexibility index (Phi) is 2.08. The van der Waals surface area contributed by atoms with Gasteiger partial charge in [-0.2, -0.15) is 0 Å². The van der Waals surface area contributed by atoms with E-state index in [0.717, 1.165) is 22.3 Å². The summed E-state index contributed by atoms with van der Waals surface area (Å²) < 4.78 is 12.9. The Hall–Kier alpha value is -1.64. The molecule has 0 amide bonds. The molecule has 0 saturated carbocycles. The molecule has 0 radical (unpaired) electrons. The molecule has 1 N–H and O–H groups in total. The number of nitrogens with one attached hydrogen (secondary N) is 1. The van der Waals surface area contributed by atoms with Gasteiger partial charge in [-0.3, -0.25) is 0 Å². The highest BCUT2D eigenvalue weighted by molar-refractivity contribution is 5.81. The smallest absolute Gasteiger partial charge is 0.129 e. The number of nitrogens with zero attached hydrogens (tertiary/aromatic N) is 1. The molecule has 0 fully saturated rings. The molecule has 2 nitrogen and oxygen atoms in total. The summed E-state index contributed by atoms with van der Waals surface area (Å²) >= 11 is 0. The van der Waals surface area contributed by atoms with Crippen LogP contribution in [0.2, 0.25) is 0 Å². The molecule has 14 heavy (non-hydrogen) atoms. The fourth-order valence-corrected chi connectivity index (χ4v) is 1.51. The first kappa shape index (κ1) is 8.94. The average Bonchev–Trinajstić information content (AvgIpc) is 2.16. The number of hydrogen-bond acceptors (Lipinski definition) is 2. The Morgan fingerprint density at radius 2 is 2.07 bits per heavy atom. The molecule has 1 heterocycles. The van der Waals surface area contributed by atoms with Crippen molar-refractivity contribution in [2.75, 3.05) is 12.4 Å². The van der Waals surface area contributed by atoms with E-state index in [1.54, 1.807) is 6.07 Å². The standard InChI is InChI=1S/C11H11FN2/c1-7-5-8-6-9(12)3-4-10(8)14-11(7)13-2/h3-6H,1-2H3,(H,13,14). The number of aromatic nitrogens is 1. The molecule has 0 saturated heterocycles. The summed E-state index contributed by atoms with van der Waals surface area (Å²) in [5, 5.41) is 3.83. The van der Waals surface area contributed by atoms with Gasteiger partial charge in [0.25, 0.3) is 0 Å². The SMILES string of the molecule is CNc1nc2ccc(F)cc2cc1C. The van der Waals surface area contributed by atoms with Gasteiger partial charge in [-0.05, 0) is 36.8 Å². The van der Waals surface area contributed by atoms with Crippen LogP contribution in [0, 0.1) is 12.7 Å². The Morgan fingerprint density at radius 3 is 2.79 bits per heavy atom. The van der Waals surface area contributed by atoms with Gasteiger partial charge >= 0.3 is 0 Å². The molecule has 1 aromatic carbocycles. The lowest BCUT2D eigenvalue weighted by Crippen LogP contribution is -1.95. The molecule has 2 aromatic rings. The van der Waals surface area contributed by atoms with Gasteiger partial charge in [0.2, 0.25) is 0 Å². The maximum Gasteiger partial charge on any atom is 0.129 e. The van der Waals surface area contributed by atoms with Crippen LogP contribution in [0.15, 0.2) is 24.3 Å². The minimum absolute atomic E-state index is 0.226. The summed E-state index contributed by atoms with van der Waals surface area (Å²) in [7, 11) is 1.82. The molecule has 0 bridgehead atoms. The third-order valence-corrected chi connectivity index (χ3v) is 2.20. The Bertz CT molecular complexity index is 480. The van der Waals surface area contributed by atoms with E-state index in [9.17, 15) is 4.39 Å². The van der Waals surface area contributed by atoms with Crippen LogP contribution in [0.4, 0.5) is 10.2 Å². The number of benzene rings is 1. The van der Waals surface area contributed by atoms with Crippen LogP contribution in [0.5, 0.6) is 0 Å². The average molecular weight is 190 g/mol. The summed E-state index contributed by atoms with van der Waals surface area (Å²) in [6, 6.07) is 6.53. The number of rotatable bonds is 1. The molecule has 1 aromatic heterocycles. The van der Waals surface area contributed by atoms with Crippen molar-refractivity contribution in [2.24, 2.45) is 0 Å². The zero-order valence-corrected chi connectivity index (χ0v) is 8.13. The Balaban J connectivity index is 2.73. The van der Waals surface area contributed by atoms with Crippen LogP contribution in [0.25, 0.3) is 10.9 Å². The molecule has 0 atom stereocenters. The Labute approximate surface area is 81.8 Å². The lowest BCUT2D eigenvalue weighted by atomic mass is 10.1. The largest absolute Gasteiger partial charge is 0.373 e. The molecule has 2 rings (SSSR count). The van der Waals surface area contributed by atoms with Crippen molar-refractivity contribution in [1.82, 2.24) is 4.98 Å². The van der Waals surface area contributed by atoms with Gasteiger partial charge in [-0.25, -0.2) is 9.37 Å². The Morgan fingerprint density at radius 1 is 1.29 bits per heavy atom. The zero-order valence-electron chi connectivity index (χ0n) is 8.13. The maximum absolute atomic E-state index is 12.9. The predicted octanol–water partition coefficient (Wildman–Crippen LogP) is 2.72. The van der Waals surface area contributed by atoms with Gasteiger partial charge in [-0.15, -0.1) is 0 Å². The van der Waals surface area contributed by atoms with Crippen molar-refractivity contribution in [3.05, 3.63) is 35.6 Å². The third kappa shape index (κ3) is 1.41. The summed E-state index contributed by atoms with van der Waals surface area (Å²) in [6.07, 6.45) is 0. The summed E-state index contributed by atoms with van der Waals surface area (Å²) in [5.74, 6) is 0.611. The minimum Gasteiger partial charge on any atom is -0.373 e. The highest BCUT2D eigenvalue weighted by Crippen LogP contribution is 2.19. The monoisotopic (exact) mass is 190 g/mol. The lowest BCUT2D eigenvalue weighted by Gasteiger charge is -2.05. The second-order valence-electron chi connectivity index (χ2n) is 3.24. The molecule has 3 heteroatoms. The van der Waals surface area contributed by atoms with Gasteiger partial charge in [0.15, 0.2) is 0 Å². The molecular formula is C11H11FN2. The molecule has 0 aliphatic rings. The quantitative estimate of drug-likeness (QED) is 0.747. The number of anilines is 1. The van der Waals surface area contributed by atoms with Gasteiger partial charge in [0, 0.05) is 12.4 Å². The van der Waals surface area contributed by atoms with Crippen molar-refractivity contribution in [1.29, 1.82) is 0 Å². The highest BCUT2D eigenvalue weighted by Gasteiger charge is 2.02. The molecule has 0 spiro atoms. The number of pyridine rings is 1. The third-order valence-electron chi connectivity index (χ3n) is 2.20. The molecule has 0 unspecified atom stereocenters. The maximum atomic E-state index is 12.9. The van der Waals surface area contributed by atoms with E-state index < -0.39 is 0 Å². The normalized spacial score (nSPS) is 10.5. The van der Waals surface area contributed by atoms with Gasteiger partial charge in [0.1, 0.15) is 11.6 Å². The van der Waals surface area contributed by atoms with Crippen LogP contribution in [0.1, 0.15) is 5.56 Å². The topological polar surface area (TPSA) is 24.9 Å². The number of hydrogen-bond donors (Lipinski definition) is 1. The first-order chi connectivity index (χ1) is 6.70. The highest BCUT2D eigenvalue weighted by atomic mass is 19.1. The van der Waals surface area contributed by atoms with E-state index in [1.165, 1.54) is 12.1 Å². The van der Waals surface area contributed by atoms with Crippen LogP contribution in [-0.2, 0) is 0 Å². The van der Waals surface area contributed by atoms with Crippen molar-refractivity contribution in [2.45, 2.75) is 6.92 Å². The molecule has 72 valence electrons. The fraction of sp³-hybridized carbons (Fsp3) is 0.182.